The number of rotatable bonds is 2. The van der Waals surface area contributed by atoms with Crippen molar-refractivity contribution in [1.29, 1.82) is 0 Å². The summed E-state index contributed by atoms with van der Waals surface area (Å²) in [7, 11) is 0. The van der Waals surface area contributed by atoms with Gasteiger partial charge in [-0.3, -0.25) is 5.84 Å². The van der Waals surface area contributed by atoms with Crippen LogP contribution in [0, 0.1) is 0 Å². The van der Waals surface area contributed by atoms with Gasteiger partial charge in [0, 0.05) is 0 Å². The van der Waals surface area contributed by atoms with Gasteiger partial charge in [0.2, 0.25) is 0 Å². The van der Waals surface area contributed by atoms with Gasteiger partial charge >= 0.3 is 0 Å². The molecule has 0 aliphatic heterocycles. The summed E-state index contributed by atoms with van der Waals surface area (Å²) in [6.45, 7) is 0. The van der Waals surface area contributed by atoms with Crippen LogP contribution >= 0.6 is 0 Å². The zero-order valence-electron chi connectivity index (χ0n) is 7.79. The Kier molecular flexibility index (Phi) is 2.50. The van der Waals surface area contributed by atoms with Crippen LogP contribution in [0.3, 0.4) is 0 Å². The minimum Gasteiger partial charge on any atom is -0.324 e. The van der Waals surface area contributed by atoms with E-state index in [4.69, 9.17) is 5.84 Å². The maximum absolute atomic E-state index is 5.47. The largest absolute Gasteiger partial charge is 0.324 e. The third kappa shape index (κ3) is 1.68. The van der Waals surface area contributed by atoms with Crippen molar-refractivity contribution in [3.05, 3.63) is 29.8 Å². The fourth-order valence-corrected chi connectivity index (χ4v) is 2.22. The smallest absolute Gasteiger partial charge is 0.0519 e. The number of hydrazine groups is 1. The lowest BCUT2D eigenvalue weighted by atomic mass is 9.96. The molecule has 1 aliphatic rings. The maximum atomic E-state index is 5.47. The number of benzene rings is 1. The van der Waals surface area contributed by atoms with Crippen molar-refractivity contribution < 1.29 is 0 Å². The van der Waals surface area contributed by atoms with Crippen LogP contribution in [-0.2, 0) is 0 Å². The Labute approximate surface area is 79.1 Å². The minimum absolute atomic E-state index is 0.729. The standard InChI is InChI=1S/C11H16N2/c12-13-11-8-4-3-7-10(11)9-5-1-2-6-9/h3-4,7-9,13H,1-2,5-6,12H2. The predicted octanol–water partition coefficient (Wildman–Crippen LogP) is 2.63. The van der Waals surface area contributed by atoms with E-state index in [1.807, 2.05) is 12.1 Å². The fourth-order valence-electron chi connectivity index (χ4n) is 2.22. The van der Waals surface area contributed by atoms with E-state index in [9.17, 15) is 0 Å². The molecule has 2 heteroatoms. The van der Waals surface area contributed by atoms with Gasteiger partial charge in [0.05, 0.1) is 5.69 Å². The molecule has 0 amide bonds. The van der Waals surface area contributed by atoms with E-state index >= 15 is 0 Å². The zero-order valence-corrected chi connectivity index (χ0v) is 7.79. The van der Waals surface area contributed by atoms with Gasteiger partial charge in [0.25, 0.3) is 0 Å². The number of nitrogen functional groups attached to an aromatic ring is 1. The van der Waals surface area contributed by atoms with Gasteiger partial charge in [-0.2, -0.15) is 0 Å². The van der Waals surface area contributed by atoms with Crippen LogP contribution in [0.5, 0.6) is 0 Å². The summed E-state index contributed by atoms with van der Waals surface area (Å²) in [5.41, 5.74) is 5.26. The van der Waals surface area contributed by atoms with Crippen molar-refractivity contribution in [2.45, 2.75) is 31.6 Å². The summed E-state index contributed by atoms with van der Waals surface area (Å²) in [6, 6.07) is 8.35. The van der Waals surface area contributed by atoms with Crippen LogP contribution in [0.1, 0.15) is 37.2 Å². The Balaban J connectivity index is 2.26. The molecule has 2 rings (SSSR count). The highest BCUT2D eigenvalue weighted by Crippen LogP contribution is 2.37. The van der Waals surface area contributed by atoms with Crippen molar-refractivity contribution in [3.8, 4) is 0 Å². The van der Waals surface area contributed by atoms with Crippen LogP contribution < -0.4 is 11.3 Å². The van der Waals surface area contributed by atoms with Crippen LogP contribution in [0.15, 0.2) is 24.3 Å². The molecular weight excluding hydrogens is 160 g/mol. The Morgan fingerprint density at radius 3 is 2.54 bits per heavy atom. The second-order valence-corrected chi connectivity index (χ2v) is 3.71. The molecule has 0 radical (unpaired) electrons. The molecule has 0 heterocycles. The van der Waals surface area contributed by atoms with Gasteiger partial charge in [0.1, 0.15) is 0 Å². The predicted molar refractivity (Wildman–Crippen MR) is 55.5 cm³/mol. The summed E-state index contributed by atoms with van der Waals surface area (Å²) >= 11 is 0. The normalized spacial score (nSPS) is 17.6. The van der Waals surface area contributed by atoms with E-state index in [0.717, 1.165) is 11.6 Å². The molecule has 1 aliphatic carbocycles. The summed E-state index contributed by atoms with van der Waals surface area (Å²) in [4.78, 5) is 0. The van der Waals surface area contributed by atoms with Gasteiger partial charge < -0.3 is 5.43 Å². The molecule has 1 fully saturated rings. The molecule has 0 saturated heterocycles. The first-order valence-electron chi connectivity index (χ1n) is 4.97. The molecule has 1 aromatic carbocycles. The molecule has 3 N–H and O–H groups in total. The van der Waals surface area contributed by atoms with Crippen molar-refractivity contribution in [1.82, 2.24) is 0 Å². The van der Waals surface area contributed by atoms with Gasteiger partial charge in [-0.05, 0) is 30.4 Å². The topological polar surface area (TPSA) is 38.0 Å². The summed E-state index contributed by atoms with van der Waals surface area (Å²) in [5, 5.41) is 0. The van der Waals surface area contributed by atoms with Gasteiger partial charge in [0.15, 0.2) is 0 Å². The first-order valence-corrected chi connectivity index (χ1v) is 4.97. The summed E-state index contributed by atoms with van der Waals surface area (Å²) < 4.78 is 0. The van der Waals surface area contributed by atoms with Gasteiger partial charge in [-0.25, -0.2) is 0 Å². The summed E-state index contributed by atoms with van der Waals surface area (Å²) in [5.74, 6) is 6.20. The number of hydrogen-bond donors (Lipinski definition) is 2. The van der Waals surface area contributed by atoms with Crippen LogP contribution in [0.4, 0.5) is 5.69 Å². The average molecular weight is 176 g/mol. The van der Waals surface area contributed by atoms with Crippen molar-refractivity contribution in [3.63, 3.8) is 0 Å². The lowest BCUT2D eigenvalue weighted by Crippen LogP contribution is -2.10. The number of nitrogens with one attached hydrogen (secondary N) is 1. The van der Waals surface area contributed by atoms with Crippen LogP contribution in [0.2, 0.25) is 0 Å². The fraction of sp³-hybridized carbons (Fsp3) is 0.455. The number of para-hydroxylation sites is 1. The van der Waals surface area contributed by atoms with E-state index in [2.05, 4.69) is 17.6 Å². The number of hydrogen-bond acceptors (Lipinski definition) is 2. The number of nitrogens with two attached hydrogens (primary N) is 1. The molecule has 0 bridgehead atoms. The van der Waals surface area contributed by atoms with E-state index in [1.54, 1.807) is 0 Å². The minimum atomic E-state index is 0.729. The van der Waals surface area contributed by atoms with Crippen molar-refractivity contribution >= 4 is 5.69 Å². The van der Waals surface area contributed by atoms with E-state index in [-0.39, 0.29) is 0 Å². The molecule has 0 spiro atoms. The Hall–Kier alpha value is -1.02. The molecule has 70 valence electrons. The zero-order chi connectivity index (χ0) is 9.10. The van der Waals surface area contributed by atoms with Crippen LogP contribution in [0.25, 0.3) is 0 Å². The molecule has 13 heavy (non-hydrogen) atoms. The number of anilines is 1. The Bertz CT molecular complexity index is 277. The van der Waals surface area contributed by atoms with Gasteiger partial charge in [-0.15, -0.1) is 0 Å². The van der Waals surface area contributed by atoms with Crippen molar-refractivity contribution in [2.24, 2.45) is 5.84 Å². The molecule has 0 atom stereocenters. The lowest BCUT2D eigenvalue weighted by molar-refractivity contribution is 0.724. The first kappa shape index (κ1) is 8.57. The SMILES string of the molecule is NNc1ccccc1C1CCCC1. The third-order valence-corrected chi connectivity index (χ3v) is 2.91. The van der Waals surface area contributed by atoms with E-state index < -0.39 is 0 Å². The molecule has 1 saturated carbocycles. The van der Waals surface area contributed by atoms with E-state index in [1.165, 1.54) is 31.2 Å². The molecular formula is C11H16N2. The molecule has 0 unspecified atom stereocenters. The van der Waals surface area contributed by atoms with E-state index in [0.29, 0.717) is 0 Å². The van der Waals surface area contributed by atoms with Crippen LogP contribution in [-0.4, -0.2) is 0 Å². The second kappa shape index (κ2) is 3.79. The monoisotopic (exact) mass is 176 g/mol. The Morgan fingerprint density at radius 1 is 1.15 bits per heavy atom. The average Bonchev–Trinajstić information content (AvgIpc) is 2.70. The summed E-state index contributed by atoms with van der Waals surface area (Å²) in [6.07, 6.45) is 5.37. The highest BCUT2D eigenvalue weighted by Gasteiger charge is 2.18. The van der Waals surface area contributed by atoms with Gasteiger partial charge in [-0.1, -0.05) is 31.0 Å². The quantitative estimate of drug-likeness (QED) is 0.537. The highest BCUT2D eigenvalue weighted by molar-refractivity contribution is 5.51. The first-order chi connectivity index (χ1) is 6.42. The lowest BCUT2D eigenvalue weighted by Gasteiger charge is -2.14. The third-order valence-electron chi connectivity index (χ3n) is 2.91. The van der Waals surface area contributed by atoms with Crippen molar-refractivity contribution in [2.75, 3.05) is 5.43 Å². The second-order valence-electron chi connectivity index (χ2n) is 3.71. The highest BCUT2D eigenvalue weighted by atomic mass is 15.2. The Morgan fingerprint density at radius 2 is 1.85 bits per heavy atom. The molecule has 1 aromatic rings. The molecule has 2 nitrogen and oxygen atoms in total. The maximum Gasteiger partial charge on any atom is 0.0519 e. The molecule has 0 aromatic heterocycles.